The van der Waals surface area contributed by atoms with Gasteiger partial charge in [0.05, 0.1) is 32.1 Å². The van der Waals surface area contributed by atoms with Crippen LogP contribution in [0.15, 0.2) is 108 Å². The first-order valence-electron chi connectivity index (χ1n) is 18.3. The molecule has 54 heavy (non-hydrogen) atoms. The number of methoxy groups -OCH3 is 1. The Labute approximate surface area is 318 Å². The van der Waals surface area contributed by atoms with Crippen LogP contribution in [-0.4, -0.2) is 50.2 Å². The smallest absolute Gasteiger partial charge is 0.315 e. The number of ether oxygens (including phenoxy) is 2. The molecule has 0 aliphatic carbocycles. The molecule has 1 atom stereocenters. The van der Waals surface area contributed by atoms with Crippen LogP contribution in [0.3, 0.4) is 0 Å². The van der Waals surface area contributed by atoms with E-state index in [9.17, 15) is 19.2 Å². The van der Waals surface area contributed by atoms with Crippen molar-refractivity contribution in [1.82, 2.24) is 9.88 Å². The molecule has 1 unspecified atom stereocenters. The maximum Gasteiger partial charge on any atom is 0.315 e. The van der Waals surface area contributed by atoms with Crippen LogP contribution in [0, 0.1) is 6.92 Å². The molecule has 5 aromatic rings. The average molecular weight is 746 g/mol. The van der Waals surface area contributed by atoms with Crippen molar-refractivity contribution in [1.29, 1.82) is 0 Å². The Morgan fingerprint density at radius 1 is 0.852 bits per heavy atom. The fraction of sp³-hybridized carbons (Fsp3) is 0.318. The van der Waals surface area contributed by atoms with Crippen molar-refractivity contribution in [3.8, 4) is 5.75 Å². The summed E-state index contributed by atoms with van der Waals surface area (Å²) >= 11 is 0. The first-order chi connectivity index (χ1) is 25.6. The van der Waals surface area contributed by atoms with E-state index in [4.69, 9.17) is 9.47 Å². The maximum absolute atomic E-state index is 14.1. The standard InChI is InChI=1S/C44H51N3O6Si/c1-30-23-24-47(29-32-17-21-36(52-4)22-18-32)42(50)40(30)46-41(49)38(45-39(48)28-34-13-10-12-33-11-8-9-14-37(33)34)27-31-15-19-35(20-16-31)44(2,3)43(51)53-25-26-54(5,6)7/h8-24,38H,25-29H2,1-7H3,(H,45,48)(H,46,49). The third-order valence-electron chi connectivity index (χ3n) is 9.73. The second-order valence-corrected chi connectivity index (χ2v) is 21.2. The van der Waals surface area contributed by atoms with Gasteiger partial charge in [-0.25, -0.2) is 0 Å². The second kappa shape index (κ2) is 17.1. The van der Waals surface area contributed by atoms with Gasteiger partial charge >= 0.3 is 5.97 Å². The zero-order valence-corrected chi connectivity index (χ0v) is 33.3. The molecule has 2 amide bonds. The quantitative estimate of drug-likeness (QED) is 0.0851. The third kappa shape index (κ3) is 10.1. The molecule has 0 radical (unpaired) electrons. The molecular weight excluding hydrogens is 695 g/mol. The van der Waals surface area contributed by atoms with E-state index in [1.165, 1.54) is 4.57 Å². The van der Waals surface area contributed by atoms with Crippen LogP contribution >= 0.6 is 0 Å². The first kappa shape index (κ1) is 39.7. The summed E-state index contributed by atoms with van der Waals surface area (Å²) in [5.74, 6) is -0.418. The number of pyridine rings is 1. The Morgan fingerprint density at radius 2 is 1.52 bits per heavy atom. The molecule has 2 N–H and O–H groups in total. The monoisotopic (exact) mass is 745 g/mol. The SMILES string of the molecule is COc1ccc(Cn2ccc(C)c(NC(=O)C(Cc3ccc(C(C)(C)C(=O)OCC[Si](C)(C)C)cc3)NC(=O)Cc3cccc4ccccc34)c2=O)cc1. The molecule has 0 aliphatic heterocycles. The Bertz CT molecular complexity index is 2160. The molecule has 0 saturated heterocycles. The van der Waals surface area contributed by atoms with E-state index in [1.807, 2.05) is 105 Å². The molecule has 0 spiro atoms. The zero-order valence-electron chi connectivity index (χ0n) is 32.3. The van der Waals surface area contributed by atoms with Crippen LogP contribution in [0.4, 0.5) is 5.69 Å². The van der Waals surface area contributed by atoms with Crippen molar-refractivity contribution < 1.29 is 23.9 Å². The third-order valence-corrected chi connectivity index (χ3v) is 11.4. The summed E-state index contributed by atoms with van der Waals surface area (Å²) in [5.41, 5.74) is 2.80. The van der Waals surface area contributed by atoms with Crippen LogP contribution in [-0.2, 0) is 43.9 Å². The highest BCUT2D eigenvalue weighted by Gasteiger charge is 2.32. The molecule has 5 rings (SSSR count). The van der Waals surface area contributed by atoms with Gasteiger partial charge < -0.3 is 24.7 Å². The first-order valence-corrected chi connectivity index (χ1v) is 22.0. The van der Waals surface area contributed by atoms with Gasteiger partial charge in [0.25, 0.3) is 5.56 Å². The summed E-state index contributed by atoms with van der Waals surface area (Å²) in [6.45, 7) is 12.9. The van der Waals surface area contributed by atoms with Crippen molar-refractivity contribution in [2.45, 2.75) is 77.3 Å². The number of carbonyl (C=O) groups excluding carboxylic acids is 3. The number of hydrogen-bond donors (Lipinski definition) is 2. The number of amides is 2. The van der Waals surface area contributed by atoms with Gasteiger partial charge in [-0.15, -0.1) is 0 Å². The van der Waals surface area contributed by atoms with Crippen molar-refractivity contribution in [2.75, 3.05) is 19.0 Å². The number of esters is 1. The minimum absolute atomic E-state index is 0.0666. The minimum Gasteiger partial charge on any atom is -0.497 e. The molecule has 282 valence electrons. The number of aryl methyl sites for hydroxylation is 1. The number of nitrogens with one attached hydrogen (secondary N) is 2. The van der Waals surface area contributed by atoms with Gasteiger partial charge in [0, 0.05) is 20.7 Å². The van der Waals surface area contributed by atoms with Gasteiger partial charge in [-0.2, -0.15) is 0 Å². The molecule has 9 nitrogen and oxygen atoms in total. The minimum atomic E-state index is -1.36. The van der Waals surface area contributed by atoms with E-state index in [0.29, 0.717) is 24.5 Å². The van der Waals surface area contributed by atoms with Gasteiger partial charge in [0.15, 0.2) is 0 Å². The van der Waals surface area contributed by atoms with Crippen LogP contribution in [0.1, 0.15) is 41.7 Å². The van der Waals surface area contributed by atoms with Gasteiger partial charge in [0.2, 0.25) is 11.8 Å². The van der Waals surface area contributed by atoms with Crippen molar-refractivity contribution in [2.24, 2.45) is 0 Å². The van der Waals surface area contributed by atoms with Gasteiger partial charge in [-0.05, 0) is 83.6 Å². The predicted octanol–water partition coefficient (Wildman–Crippen LogP) is 7.43. The highest BCUT2D eigenvalue weighted by Crippen LogP contribution is 2.26. The van der Waals surface area contributed by atoms with E-state index in [1.54, 1.807) is 26.3 Å². The molecule has 0 saturated carbocycles. The number of benzene rings is 4. The molecule has 10 heteroatoms. The number of aromatic nitrogens is 1. The van der Waals surface area contributed by atoms with Crippen molar-refractivity contribution >= 4 is 42.3 Å². The van der Waals surface area contributed by atoms with E-state index < -0.39 is 25.4 Å². The summed E-state index contributed by atoms with van der Waals surface area (Å²) in [6, 6.07) is 30.2. The van der Waals surface area contributed by atoms with Gasteiger partial charge in [0.1, 0.15) is 17.5 Å². The Kier molecular flexibility index (Phi) is 12.6. The predicted molar refractivity (Wildman–Crippen MR) is 218 cm³/mol. The topological polar surface area (TPSA) is 116 Å². The Balaban J connectivity index is 1.38. The fourth-order valence-electron chi connectivity index (χ4n) is 6.20. The van der Waals surface area contributed by atoms with E-state index in [0.717, 1.165) is 39.1 Å². The highest BCUT2D eigenvalue weighted by atomic mass is 28.3. The molecule has 4 aromatic carbocycles. The molecule has 0 aliphatic rings. The largest absolute Gasteiger partial charge is 0.497 e. The number of rotatable bonds is 15. The van der Waals surface area contributed by atoms with E-state index in [-0.39, 0.29) is 36.0 Å². The van der Waals surface area contributed by atoms with Gasteiger partial charge in [-0.1, -0.05) is 98.5 Å². The molecule has 1 heterocycles. The number of anilines is 1. The number of nitrogens with zero attached hydrogens (tertiary/aromatic N) is 1. The molecule has 0 fully saturated rings. The second-order valence-electron chi connectivity index (χ2n) is 15.6. The maximum atomic E-state index is 14.1. The zero-order chi connectivity index (χ0) is 39.0. The van der Waals surface area contributed by atoms with Gasteiger partial charge in [-0.3, -0.25) is 19.2 Å². The summed E-state index contributed by atoms with van der Waals surface area (Å²) in [7, 11) is 0.239. The molecule has 1 aromatic heterocycles. The normalized spacial score (nSPS) is 12.2. The lowest BCUT2D eigenvalue weighted by Crippen LogP contribution is -2.46. The Hall–Kier alpha value is -5.48. The lowest BCUT2D eigenvalue weighted by molar-refractivity contribution is -0.148. The van der Waals surface area contributed by atoms with Crippen LogP contribution in [0.2, 0.25) is 25.7 Å². The molecule has 0 bridgehead atoms. The van der Waals surface area contributed by atoms with E-state index in [2.05, 4.69) is 30.3 Å². The number of fused-ring (bicyclic) bond motifs is 1. The average Bonchev–Trinajstić information content (AvgIpc) is 3.14. The fourth-order valence-corrected chi connectivity index (χ4v) is 6.91. The van der Waals surface area contributed by atoms with Crippen LogP contribution in [0.5, 0.6) is 5.75 Å². The summed E-state index contributed by atoms with van der Waals surface area (Å²) in [6.07, 6.45) is 1.92. The lowest BCUT2D eigenvalue weighted by atomic mass is 9.84. The summed E-state index contributed by atoms with van der Waals surface area (Å²) < 4.78 is 12.5. The number of hydrogen-bond acceptors (Lipinski definition) is 6. The van der Waals surface area contributed by atoms with E-state index >= 15 is 0 Å². The summed E-state index contributed by atoms with van der Waals surface area (Å²) in [5, 5.41) is 7.80. The number of carbonyl (C=O) groups is 3. The Morgan fingerprint density at radius 3 is 2.20 bits per heavy atom. The van der Waals surface area contributed by atoms with Crippen molar-refractivity contribution in [3.63, 3.8) is 0 Å². The highest BCUT2D eigenvalue weighted by molar-refractivity contribution is 6.76. The summed E-state index contributed by atoms with van der Waals surface area (Å²) in [4.78, 5) is 54.6. The lowest BCUT2D eigenvalue weighted by Gasteiger charge is -2.25. The van der Waals surface area contributed by atoms with Crippen LogP contribution < -0.4 is 20.9 Å². The van der Waals surface area contributed by atoms with Crippen molar-refractivity contribution in [3.05, 3.63) is 141 Å². The molecular formula is C44H51N3O6Si. The van der Waals surface area contributed by atoms with Crippen LogP contribution in [0.25, 0.3) is 10.8 Å².